The van der Waals surface area contributed by atoms with E-state index in [1.54, 1.807) is 60.7 Å². The van der Waals surface area contributed by atoms with Crippen molar-refractivity contribution < 1.29 is 9.53 Å². The predicted molar refractivity (Wildman–Crippen MR) is 119 cm³/mol. The minimum absolute atomic E-state index is 0.135. The van der Waals surface area contributed by atoms with Crippen molar-refractivity contribution in [3.8, 4) is 5.75 Å². The van der Waals surface area contributed by atoms with Crippen LogP contribution in [0.25, 0.3) is 10.9 Å². The summed E-state index contributed by atoms with van der Waals surface area (Å²) in [5.41, 5.74) is 0.688. The van der Waals surface area contributed by atoms with Crippen molar-refractivity contribution in [1.82, 2.24) is 9.66 Å². The number of hydrogen-bond acceptors (Lipinski definition) is 5. The summed E-state index contributed by atoms with van der Waals surface area (Å²) < 4.78 is 6.26. The lowest BCUT2D eigenvalue weighted by Crippen LogP contribution is -2.32. The van der Waals surface area contributed by atoms with Crippen LogP contribution in [0.15, 0.2) is 93.6 Å². The number of hydrogen-bond donors (Lipinski definition) is 2. The number of fused-ring (bicyclic) bond motifs is 1. The first-order valence-electron chi connectivity index (χ1n) is 9.46. The van der Waals surface area contributed by atoms with Crippen molar-refractivity contribution in [3.05, 3.63) is 105 Å². The largest absolute Gasteiger partial charge is 0.484 e. The second-order valence-electron chi connectivity index (χ2n) is 6.61. The Morgan fingerprint density at radius 1 is 0.968 bits per heavy atom. The highest BCUT2D eigenvalue weighted by Gasteiger charge is 2.06. The molecule has 4 rings (SSSR count). The van der Waals surface area contributed by atoms with Crippen LogP contribution in [-0.2, 0) is 4.79 Å². The van der Waals surface area contributed by atoms with E-state index in [2.05, 4.69) is 15.4 Å². The summed E-state index contributed by atoms with van der Waals surface area (Å²) >= 11 is 0. The first kappa shape index (κ1) is 19.8. The highest BCUT2D eigenvalue weighted by atomic mass is 16.5. The van der Waals surface area contributed by atoms with Crippen LogP contribution in [0, 0.1) is 0 Å². The molecule has 0 aliphatic heterocycles. The third-order valence-electron chi connectivity index (χ3n) is 4.41. The van der Waals surface area contributed by atoms with Crippen molar-refractivity contribution in [2.24, 2.45) is 5.10 Å². The molecule has 154 valence electrons. The molecule has 31 heavy (non-hydrogen) atoms. The Labute approximate surface area is 176 Å². The maximum atomic E-state index is 12.5. The van der Waals surface area contributed by atoms with Gasteiger partial charge in [-0.2, -0.15) is 5.10 Å². The van der Waals surface area contributed by atoms with Crippen LogP contribution in [0.1, 0.15) is 5.56 Å². The number of rotatable bonds is 6. The Hall–Kier alpha value is -4.46. The topological polar surface area (TPSA) is 106 Å². The van der Waals surface area contributed by atoms with Gasteiger partial charge in [0.15, 0.2) is 6.61 Å². The number of H-pyrrole nitrogens is 1. The third-order valence-corrected chi connectivity index (χ3v) is 4.41. The van der Waals surface area contributed by atoms with E-state index >= 15 is 0 Å². The highest BCUT2D eigenvalue weighted by Crippen LogP contribution is 2.12. The van der Waals surface area contributed by atoms with Gasteiger partial charge < -0.3 is 15.0 Å². The zero-order valence-corrected chi connectivity index (χ0v) is 16.3. The minimum atomic E-state index is -0.621. The Morgan fingerprint density at radius 2 is 1.68 bits per heavy atom. The van der Waals surface area contributed by atoms with Crippen molar-refractivity contribution in [1.29, 1.82) is 0 Å². The summed E-state index contributed by atoms with van der Waals surface area (Å²) in [5, 5.41) is 7.11. The number of aromatic amines is 1. The first-order valence-corrected chi connectivity index (χ1v) is 9.46. The normalized spacial score (nSPS) is 11.0. The van der Waals surface area contributed by atoms with E-state index in [-0.39, 0.29) is 12.5 Å². The van der Waals surface area contributed by atoms with Gasteiger partial charge in [0.1, 0.15) is 5.75 Å². The van der Waals surface area contributed by atoms with Gasteiger partial charge in [-0.15, -0.1) is 4.68 Å². The number of benzene rings is 3. The molecule has 4 aromatic rings. The van der Waals surface area contributed by atoms with E-state index in [0.29, 0.717) is 27.9 Å². The van der Waals surface area contributed by atoms with Crippen molar-refractivity contribution in [3.63, 3.8) is 0 Å². The molecule has 1 amide bonds. The van der Waals surface area contributed by atoms with Gasteiger partial charge in [0.05, 0.1) is 17.1 Å². The predicted octanol–water partition coefficient (Wildman–Crippen LogP) is 2.59. The van der Waals surface area contributed by atoms with Gasteiger partial charge in [0.25, 0.3) is 11.5 Å². The zero-order chi connectivity index (χ0) is 21.6. The number of aromatic nitrogens is 2. The lowest BCUT2D eigenvalue weighted by Gasteiger charge is -2.07. The summed E-state index contributed by atoms with van der Waals surface area (Å²) in [6.45, 7) is -0.135. The zero-order valence-electron chi connectivity index (χ0n) is 16.3. The molecule has 0 bridgehead atoms. The Bertz CT molecular complexity index is 1360. The number of nitrogens with one attached hydrogen (secondary N) is 2. The van der Waals surface area contributed by atoms with Crippen LogP contribution in [-0.4, -0.2) is 28.4 Å². The number of carbonyl (C=O) groups excluding carboxylic acids is 1. The quantitative estimate of drug-likeness (QED) is 0.473. The second-order valence-corrected chi connectivity index (χ2v) is 6.61. The highest BCUT2D eigenvalue weighted by molar-refractivity contribution is 5.91. The Morgan fingerprint density at radius 3 is 2.45 bits per heavy atom. The first-order chi connectivity index (χ1) is 15.1. The molecule has 1 aromatic heterocycles. The molecule has 0 radical (unpaired) electrons. The molecular formula is C23H18N4O4. The Kier molecular flexibility index (Phi) is 5.70. The molecule has 2 N–H and O–H groups in total. The van der Waals surface area contributed by atoms with Gasteiger partial charge in [-0.25, -0.2) is 4.79 Å². The summed E-state index contributed by atoms with van der Waals surface area (Å²) in [4.78, 5) is 39.2. The molecule has 3 aromatic carbocycles. The molecule has 8 heteroatoms. The van der Waals surface area contributed by atoms with E-state index in [4.69, 9.17) is 4.74 Å². The number of ether oxygens (including phenoxy) is 1. The van der Waals surface area contributed by atoms with E-state index in [1.807, 2.05) is 18.2 Å². The molecule has 0 spiro atoms. The van der Waals surface area contributed by atoms with Crippen molar-refractivity contribution in [2.45, 2.75) is 0 Å². The summed E-state index contributed by atoms with van der Waals surface area (Å²) in [6.07, 6.45) is 1.40. The number of nitrogens with zero attached hydrogens (tertiary/aromatic N) is 2. The second kappa shape index (κ2) is 8.91. The maximum absolute atomic E-state index is 12.5. The lowest BCUT2D eigenvalue weighted by atomic mass is 10.2. The van der Waals surface area contributed by atoms with E-state index in [9.17, 15) is 14.4 Å². The smallest absolute Gasteiger partial charge is 0.349 e. The molecule has 0 aliphatic rings. The average molecular weight is 414 g/mol. The van der Waals surface area contributed by atoms with Gasteiger partial charge in [-0.05, 0) is 54.1 Å². The standard InChI is InChI=1S/C23H18N4O4/c28-21(25-17-6-2-1-3-7-17)15-31-18-12-10-16(11-13-18)14-24-27-22(29)19-8-4-5-9-20(19)26-23(27)30/h1-14H,15H2,(H,25,28)(H,26,30). The van der Waals surface area contributed by atoms with Crippen LogP contribution in [0.4, 0.5) is 5.69 Å². The van der Waals surface area contributed by atoms with E-state index in [1.165, 1.54) is 6.21 Å². The average Bonchev–Trinajstić information content (AvgIpc) is 2.79. The van der Waals surface area contributed by atoms with Crippen molar-refractivity contribution in [2.75, 3.05) is 11.9 Å². The van der Waals surface area contributed by atoms with Gasteiger partial charge in [-0.1, -0.05) is 30.3 Å². The summed E-state index contributed by atoms with van der Waals surface area (Å²) in [7, 11) is 0. The fourth-order valence-corrected chi connectivity index (χ4v) is 2.90. The molecule has 1 heterocycles. The molecule has 0 atom stereocenters. The van der Waals surface area contributed by atoms with Gasteiger partial charge >= 0.3 is 5.69 Å². The van der Waals surface area contributed by atoms with Crippen LogP contribution in [0.2, 0.25) is 0 Å². The molecule has 0 aliphatic carbocycles. The minimum Gasteiger partial charge on any atom is -0.484 e. The third kappa shape index (κ3) is 4.76. The van der Waals surface area contributed by atoms with Gasteiger partial charge in [0, 0.05) is 5.69 Å². The van der Waals surface area contributed by atoms with Crippen LogP contribution in [0.3, 0.4) is 0 Å². The maximum Gasteiger partial charge on any atom is 0.349 e. The van der Waals surface area contributed by atoms with Gasteiger partial charge in [-0.3, -0.25) is 9.59 Å². The number of anilines is 1. The van der Waals surface area contributed by atoms with E-state index < -0.39 is 11.2 Å². The number of para-hydroxylation sites is 2. The SMILES string of the molecule is O=C(COc1ccc(C=Nn2c(=O)[nH]c3ccccc3c2=O)cc1)Nc1ccccc1. The lowest BCUT2D eigenvalue weighted by molar-refractivity contribution is -0.118. The fourth-order valence-electron chi connectivity index (χ4n) is 2.90. The fraction of sp³-hybridized carbons (Fsp3) is 0.0435. The van der Waals surface area contributed by atoms with Gasteiger partial charge in [0.2, 0.25) is 0 Å². The molecule has 0 fully saturated rings. The molecule has 8 nitrogen and oxygen atoms in total. The van der Waals surface area contributed by atoms with Crippen LogP contribution >= 0.6 is 0 Å². The monoisotopic (exact) mass is 414 g/mol. The summed E-state index contributed by atoms with van der Waals surface area (Å²) in [6, 6.07) is 22.6. The van der Waals surface area contributed by atoms with Crippen LogP contribution in [0.5, 0.6) is 5.75 Å². The molecule has 0 saturated heterocycles. The summed E-state index contributed by atoms with van der Waals surface area (Å²) in [5.74, 6) is 0.229. The number of amides is 1. The Balaban J connectivity index is 1.41. The van der Waals surface area contributed by atoms with Crippen LogP contribution < -0.4 is 21.3 Å². The molecule has 0 unspecified atom stereocenters. The van der Waals surface area contributed by atoms with Crippen molar-refractivity contribution >= 4 is 28.7 Å². The molecular weight excluding hydrogens is 396 g/mol. The number of carbonyl (C=O) groups is 1. The van der Waals surface area contributed by atoms with E-state index in [0.717, 1.165) is 4.68 Å². The molecule has 0 saturated carbocycles.